The molecule has 0 saturated carbocycles. The molecule has 4 rings (SSSR count). The van der Waals surface area contributed by atoms with Crippen molar-refractivity contribution in [2.75, 3.05) is 5.43 Å². The van der Waals surface area contributed by atoms with E-state index in [0.717, 1.165) is 22.0 Å². The van der Waals surface area contributed by atoms with Gasteiger partial charge in [-0.1, -0.05) is 54.1 Å². The molecule has 0 bridgehead atoms. The smallest absolute Gasteiger partial charge is 0.260 e. The normalized spacial score (nSPS) is 11.5. The number of nitrogens with zero attached hydrogens (tertiary/aromatic N) is 4. The molecule has 0 atom stereocenters. The molecule has 0 aliphatic rings. The molecule has 4 aromatic rings. The molecule has 7 nitrogen and oxygen atoms in total. The number of hydrogen-bond donors (Lipinski definition) is 1. The number of rotatable bonds is 5. The van der Waals surface area contributed by atoms with Gasteiger partial charge in [-0.2, -0.15) is 5.10 Å². The Hall–Kier alpha value is -4.13. The van der Waals surface area contributed by atoms with Crippen LogP contribution in [0.4, 0.5) is 11.5 Å². The number of hydrogen-bond acceptors (Lipinski definition) is 6. The maximum Gasteiger partial charge on any atom is 0.270 e. The summed E-state index contributed by atoms with van der Waals surface area (Å²) in [6.45, 7) is 3.82. The van der Waals surface area contributed by atoms with Gasteiger partial charge in [-0.3, -0.25) is 15.5 Å². The van der Waals surface area contributed by atoms with Gasteiger partial charge in [-0.05, 0) is 26.0 Å². The zero-order chi connectivity index (χ0) is 21.1. The number of aryl methyl sites for hydroxylation is 1. The van der Waals surface area contributed by atoms with E-state index in [0.29, 0.717) is 22.9 Å². The first kappa shape index (κ1) is 19.2. The second-order valence-corrected chi connectivity index (χ2v) is 6.90. The van der Waals surface area contributed by atoms with Crippen molar-refractivity contribution in [2.45, 2.75) is 13.8 Å². The maximum atomic E-state index is 11.0. The van der Waals surface area contributed by atoms with Crippen molar-refractivity contribution >= 4 is 28.1 Å². The molecule has 30 heavy (non-hydrogen) atoms. The SMILES string of the molecule is C/C(=N\Nc1nc(-c2ccc(C)cc2)nc2ccccc12)c1cccc([N+](=O)[O-])c1. The number of non-ortho nitro benzene ring substituents is 1. The number of aromatic nitrogens is 2. The third kappa shape index (κ3) is 4.00. The highest BCUT2D eigenvalue weighted by molar-refractivity contribution is 6.00. The Morgan fingerprint density at radius 2 is 1.77 bits per heavy atom. The summed E-state index contributed by atoms with van der Waals surface area (Å²) < 4.78 is 0. The van der Waals surface area contributed by atoms with Crippen molar-refractivity contribution in [1.29, 1.82) is 0 Å². The predicted molar refractivity (Wildman–Crippen MR) is 119 cm³/mol. The third-order valence-electron chi connectivity index (χ3n) is 4.72. The zero-order valence-electron chi connectivity index (χ0n) is 16.5. The second kappa shape index (κ2) is 8.08. The Morgan fingerprint density at radius 1 is 1.00 bits per heavy atom. The fourth-order valence-electron chi connectivity index (χ4n) is 3.04. The van der Waals surface area contributed by atoms with Crippen molar-refractivity contribution in [1.82, 2.24) is 9.97 Å². The van der Waals surface area contributed by atoms with Gasteiger partial charge >= 0.3 is 0 Å². The van der Waals surface area contributed by atoms with Crippen LogP contribution in [0.1, 0.15) is 18.1 Å². The summed E-state index contributed by atoms with van der Waals surface area (Å²) in [6.07, 6.45) is 0. The number of hydrazone groups is 1. The number of nitro benzene ring substituents is 1. The Bertz CT molecular complexity index is 1270. The third-order valence-corrected chi connectivity index (χ3v) is 4.72. The van der Waals surface area contributed by atoms with E-state index in [4.69, 9.17) is 0 Å². The van der Waals surface area contributed by atoms with Crippen LogP contribution in [0.3, 0.4) is 0 Å². The standard InChI is InChI=1S/C23H19N5O2/c1-15-10-12-17(13-11-15)22-24-21-9-4-3-8-20(21)23(25-22)27-26-16(2)18-6-5-7-19(14-18)28(29)30/h3-14H,1-2H3,(H,24,25,27)/b26-16+. The first-order chi connectivity index (χ1) is 14.5. The average molecular weight is 397 g/mol. The molecule has 0 amide bonds. The Morgan fingerprint density at radius 3 is 2.53 bits per heavy atom. The summed E-state index contributed by atoms with van der Waals surface area (Å²) >= 11 is 0. The summed E-state index contributed by atoms with van der Waals surface area (Å²) in [5, 5.41) is 16.3. The van der Waals surface area contributed by atoms with Gasteiger partial charge in [0, 0.05) is 28.6 Å². The lowest BCUT2D eigenvalue weighted by Crippen LogP contribution is -2.03. The van der Waals surface area contributed by atoms with E-state index in [-0.39, 0.29) is 5.69 Å². The van der Waals surface area contributed by atoms with Gasteiger partial charge in [0.15, 0.2) is 11.6 Å². The largest absolute Gasteiger partial charge is 0.270 e. The van der Waals surface area contributed by atoms with Crippen LogP contribution in [0, 0.1) is 17.0 Å². The van der Waals surface area contributed by atoms with Crippen LogP contribution in [0.25, 0.3) is 22.3 Å². The molecule has 0 aliphatic heterocycles. The van der Waals surface area contributed by atoms with Crippen molar-refractivity contribution in [3.63, 3.8) is 0 Å². The first-order valence-corrected chi connectivity index (χ1v) is 9.40. The van der Waals surface area contributed by atoms with Crippen LogP contribution in [0.2, 0.25) is 0 Å². The minimum atomic E-state index is -0.421. The van der Waals surface area contributed by atoms with Crippen molar-refractivity contribution in [2.24, 2.45) is 5.10 Å². The van der Waals surface area contributed by atoms with E-state index >= 15 is 0 Å². The molecule has 0 fully saturated rings. The molecular formula is C23H19N5O2. The Kier molecular flexibility index (Phi) is 5.17. The quantitative estimate of drug-likeness (QED) is 0.278. The van der Waals surface area contributed by atoms with Gasteiger partial charge in [-0.15, -0.1) is 0 Å². The van der Waals surface area contributed by atoms with E-state index in [1.165, 1.54) is 12.1 Å². The highest BCUT2D eigenvalue weighted by Gasteiger charge is 2.10. The van der Waals surface area contributed by atoms with E-state index in [9.17, 15) is 10.1 Å². The number of nitro groups is 1. The molecule has 7 heteroatoms. The summed E-state index contributed by atoms with van der Waals surface area (Å²) in [6, 6.07) is 22.1. The summed E-state index contributed by atoms with van der Waals surface area (Å²) in [5.41, 5.74) is 7.19. The molecule has 0 saturated heterocycles. The van der Waals surface area contributed by atoms with E-state index in [1.54, 1.807) is 19.1 Å². The van der Waals surface area contributed by atoms with Crippen LogP contribution in [-0.4, -0.2) is 20.6 Å². The molecule has 1 aromatic heterocycles. The maximum absolute atomic E-state index is 11.0. The number of anilines is 1. The van der Waals surface area contributed by atoms with Crippen LogP contribution < -0.4 is 5.43 Å². The van der Waals surface area contributed by atoms with E-state index in [2.05, 4.69) is 20.5 Å². The van der Waals surface area contributed by atoms with Gasteiger partial charge < -0.3 is 0 Å². The van der Waals surface area contributed by atoms with Crippen LogP contribution >= 0.6 is 0 Å². The number of fused-ring (bicyclic) bond motifs is 1. The molecule has 0 spiro atoms. The van der Waals surface area contributed by atoms with Crippen LogP contribution in [0.15, 0.2) is 77.9 Å². The first-order valence-electron chi connectivity index (χ1n) is 9.40. The minimum absolute atomic E-state index is 0.0243. The van der Waals surface area contributed by atoms with E-state index in [1.807, 2.05) is 55.5 Å². The molecule has 0 unspecified atom stereocenters. The molecule has 1 heterocycles. The molecular weight excluding hydrogens is 378 g/mol. The Labute approximate surface area is 173 Å². The lowest BCUT2D eigenvalue weighted by atomic mass is 10.1. The molecule has 3 aromatic carbocycles. The molecule has 148 valence electrons. The van der Waals surface area contributed by atoms with Crippen LogP contribution in [-0.2, 0) is 0 Å². The highest BCUT2D eigenvalue weighted by Crippen LogP contribution is 2.25. The van der Waals surface area contributed by atoms with Crippen molar-refractivity contribution < 1.29 is 4.92 Å². The topological polar surface area (TPSA) is 93.3 Å². The fraction of sp³-hybridized carbons (Fsp3) is 0.0870. The molecule has 1 N–H and O–H groups in total. The highest BCUT2D eigenvalue weighted by atomic mass is 16.6. The van der Waals surface area contributed by atoms with Gasteiger partial charge in [0.05, 0.1) is 16.2 Å². The summed E-state index contributed by atoms with van der Waals surface area (Å²) in [4.78, 5) is 20.0. The average Bonchev–Trinajstić information content (AvgIpc) is 2.77. The lowest BCUT2D eigenvalue weighted by Gasteiger charge is -2.09. The number of nitrogens with one attached hydrogen (secondary N) is 1. The summed E-state index contributed by atoms with van der Waals surface area (Å²) in [7, 11) is 0. The second-order valence-electron chi connectivity index (χ2n) is 6.90. The van der Waals surface area contributed by atoms with Gasteiger partial charge in [0.25, 0.3) is 5.69 Å². The lowest BCUT2D eigenvalue weighted by molar-refractivity contribution is -0.384. The number of benzene rings is 3. The van der Waals surface area contributed by atoms with Gasteiger partial charge in [-0.25, -0.2) is 9.97 Å². The Balaban J connectivity index is 1.73. The number of para-hydroxylation sites is 1. The van der Waals surface area contributed by atoms with Gasteiger partial charge in [0.1, 0.15) is 0 Å². The van der Waals surface area contributed by atoms with Crippen LogP contribution in [0.5, 0.6) is 0 Å². The minimum Gasteiger partial charge on any atom is -0.260 e. The van der Waals surface area contributed by atoms with E-state index < -0.39 is 4.92 Å². The van der Waals surface area contributed by atoms with Gasteiger partial charge in [0.2, 0.25) is 0 Å². The molecule has 0 radical (unpaired) electrons. The monoisotopic (exact) mass is 397 g/mol. The van der Waals surface area contributed by atoms with Crippen molar-refractivity contribution in [3.8, 4) is 11.4 Å². The predicted octanol–water partition coefficient (Wildman–Crippen LogP) is 5.35. The summed E-state index contributed by atoms with van der Waals surface area (Å²) in [5.74, 6) is 1.17. The molecule has 0 aliphatic carbocycles. The fourth-order valence-corrected chi connectivity index (χ4v) is 3.04. The van der Waals surface area contributed by atoms with Crippen molar-refractivity contribution in [3.05, 3.63) is 94.0 Å². The zero-order valence-corrected chi connectivity index (χ0v) is 16.5.